The summed E-state index contributed by atoms with van der Waals surface area (Å²) >= 11 is 6.42. The van der Waals surface area contributed by atoms with Gasteiger partial charge < -0.3 is 9.30 Å². The molecule has 3 saturated carbocycles. The van der Waals surface area contributed by atoms with E-state index in [-0.39, 0.29) is 5.41 Å². The molecule has 3 fully saturated rings. The number of ether oxygens (including phenoxy) is 1. The van der Waals surface area contributed by atoms with Crippen LogP contribution in [0, 0.1) is 5.41 Å². The highest BCUT2D eigenvalue weighted by atomic mass is 35.5. The molecule has 0 atom stereocenters. The van der Waals surface area contributed by atoms with Gasteiger partial charge in [0.2, 0.25) is 0 Å². The number of hydrogen-bond donors (Lipinski definition) is 0. The van der Waals surface area contributed by atoms with Crippen LogP contribution in [0.15, 0.2) is 29.0 Å². The molecule has 1 aromatic heterocycles. The lowest BCUT2D eigenvalue weighted by Gasteiger charge is -2.53. The van der Waals surface area contributed by atoms with Crippen molar-refractivity contribution >= 4 is 17.2 Å². The Morgan fingerprint density at radius 3 is 2.45 bits per heavy atom. The summed E-state index contributed by atoms with van der Waals surface area (Å²) in [5.74, 6) is 2.88. The maximum absolute atomic E-state index is 6.42. The van der Waals surface area contributed by atoms with E-state index in [1.54, 1.807) is 7.11 Å². The van der Waals surface area contributed by atoms with Crippen molar-refractivity contribution in [2.75, 3.05) is 7.11 Å². The van der Waals surface area contributed by atoms with E-state index in [0.29, 0.717) is 11.8 Å². The van der Waals surface area contributed by atoms with E-state index >= 15 is 0 Å². The van der Waals surface area contributed by atoms with Gasteiger partial charge in [-0.05, 0) is 62.5 Å². The molecule has 4 aliphatic carbocycles. The van der Waals surface area contributed by atoms with Gasteiger partial charge >= 0.3 is 0 Å². The first-order valence-electron chi connectivity index (χ1n) is 11.2. The molecule has 4 nitrogen and oxygen atoms in total. The molecule has 158 valence electrons. The van der Waals surface area contributed by atoms with Crippen LogP contribution < -0.4 is 0 Å². The Bertz CT molecular complexity index is 824. The lowest BCUT2D eigenvalue weighted by molar-refractivity contribution is 0.0249. The van der Waals surface area contributed by atoms with E-state index in [9.17, 15) is 0 Å². The monoisotopic (exact) mass is 415 g/mol. The molecular weight excluding hydrogens is 382 g/mol. The van der Waals surface area contributed by atoms with E-state index in [2.05, 4.69) is 29.7 Å². The van der Waals surface area contributed by atoms with Gasteiger partial charge in [0.05, 0.1) is 7.11 Å². The minimum absolute atomic E-state index is 0.213. The lowest BCUT2D eigenvalue weighted by Crippen LogP contribution is -2.45. The summed E-state index contributed by atoms with van der Waals surface area (Å²) < 4.78 is 7.59. The third-order valence-corrected chi connectivity index (χ3v) is 7.93. The Balaban J connectivity index is 1.54. The number of aromatic nitrogens is 3. The molecular formula is C24H34ClN3O. The predicted octanol–water partition coefficient (Wildman–Crippen LogP) is 6.43. The van der Waals surface area contributed by atoms with E-state index in [0.717, 1.165) is 22.2 Å². The number of unbranched alkanes of at least 4 members (excludes halogenated alkanes) is 2. The average Bonchev–Trinajstić information content (AvgIpc) is 3.02. The third-order valence-electron chi connectivity index (χ3n) is 7.69. The number of allylic oxidation sites excluding steroid dienone is 5. The zero-order chi connectivity index (χ0) is 20.5. The predicted molar refractivity (Wildman–Crippen MR) is 119 cm³/mol. The van der Waals surface area contributed by atoms with E-state index in [4.69, 9.17) is 21.4 Å². The van der Waals surface area contributed by atoms with Crippen LogP contribution in [0.1, 0.15) is 89.2 Å². The highest BCUT2D eigenvalue weighted by molar-refractivity contribution is 6.30. The standard InChI is InChI=1S/C24H34ClN3O/c1-4-5-6-9-23-10-13-24(14-11-23,15-12-23)22-27-26-21(28(22)2)18-7-8-20(29-3)17-19(25)16-18/h7-8,17H,4-6,9-16H2,1-3H3. The Labute approximate surface area is 180 Å². The highest BCUT2D eigenvalue weighted by Gasteiger charge is 2.51. The molecule has 5 heteroatoms. The largest absolute Gasteiger partial charge is 0.497 e. The molecule has 0 radical (unpaired) electrons. The van der Waals surface area contributed by atoms with Crippen molar-refractivity contribution in [3.63, 3.8) is 0 Å². The van der Waals surface area contributed by atoms with Gasteiger partial charge in [-0.2, -0.15) is 0 Å². The molecule has 0 aromatic carbocycles. The van der Waals surface area contributed by atoms with Gasteiger partial charge in [-0.3, -0.25) is 0 Å². The third kappa shape index (κ3) is 3.93. The Hall–Kier alpha value is -1.55. The van der Waals surface area contributed by atoms with Crippen molar-refractivity contribution < 1.29 is 4.74 Å². The molecule has 0 aliphatic heterocycles. The summed E-state index contributed by atoms with van der Waals surface area (Å²) in [6.45, 7) is 2.30. The molecule has 29 heavy (non-hydrogen) atoms. The van der Waals surface area contributed by atoms with Crippen LogP contribution in [0.4, 0.5) is 0 Å². The summed E-state index contributed by atoms with van der Waals surface area (Å²) in [6, 6.07) is 0. The van der Waals surface area contributed by atoms with Gasteiger partial charge in [0.1, 0.15) is 11.6 Å². The molecule has 0 spiro atoms. The zero-order valence-corrected chi connectivity index (χ0v) is 18.9. The maximum atomic E-state index is 6.42. The van der Waals surface area contributed by atoms with Gasteiger partial charge in [0, 0.05) is 29.5 Å². The van der Waals surface area contributed by atoms with E-state index in [1.807, 2.05) is 12.2 Å². The summed E-state index contributed by atoms with van der Waals surface area (Å²) in [7, 11) is 3.79. The lowest BCUT2D eigenvalue weighted by atomic mass is 9.52. The molecule has 0 N–H and O–H groups in total. The number of fused-ring (bicyclic) bond motifs is 3. The van der Waals surface area contributed by atoms with Crippen LogP contribution in [0.2, 0.25) is 0 Å². The average molecular weight is 416 g/mol. The van der Waals surface area contributed by atoms with Crippen LogP contribution >= 0.6 is 11.6 Å². The topological polar surface area (TPSA) is 39.9 Å². The second kappa shape index (κ2) is 8.29. The molecule has 5 rings (SSSR count). The second-order valence-corrected chi connectivity index (χ2v) is 9.86. The Morgan fingerprint density at radius 1 is 1.07 bits per heavy atom. The SMILES string of the molecule is CCCCCC12CCC(c3nnc(C4=CC=C(OC)C=C(Cl)C4)n3C)(CC1)CC2. The van der Waals surface area contributed by atoms with Crippen molar-refractivity contribution in [3.05, 3.63) is 40.7 Å². The fourth-order valence-corrected chi connectivity index (χ4v) is 6.00. The smallest absolute Gasteiger partial charge is 0.159 e. The van der Waals surface area contributed by atoms with Crippen molar-refractivity contribution in [1.82, 2.24) is 14.8 Å². The molecule has 1 aromatic rings. The first-order chi connectivity index (χ1) is 14.0. The van der Waals surface area contributed by atoms with Gasteiger partial charge in [-0.25, -0.2) is 0 Å². The summed E-state index contributed by atoms with van der Waals surface area (Å²) in [6.07, 6.45) is 19.9. The quantitative estimate of drug-likeness (QED) is 0.482. The van der Waals surface area contributed by atoms with Crippen LogP contribution in [-0.2, 0) is 17.2 Å². The zero-order valence-electron chi connectivity index (χ0n) is 18.1. The number of methoxy groups -OCH3 is 1. The summed E-state index contributed by atoms with van der Waals surface area (Å²) in [4.78, 5) is 0. The van der Waals surface area contributed by atoms with E-state index in [1.165, 1.54) is 70.0 Å². The fraction of sp³-hybridized carbons (Fsp3) is 0.667. The number of nitrogens with zero attached hydrogens (tertiary/aromatic N) is 3. The van der Waals surface area contributed by atoms with Gasteiger partial charge in [-0.1, -0.05) is 43.9 Å². The van der Waals surface area contributed by atoms with Crippen LogP contribution in [0.3, 0.4) is 0 Å². The molecule has 0 saturated heterocycles. The fourth-order valence-electron chi connectivity index (χ4n) is 5.75. The highest BCUT2D eigenvalue weighted by Crippen LogP contribution is 2.59. The van der Waals surface area contributed by atoms with E-state index < -0.39 is 0 Å². The number of halogens is 1. The molecule has 1 heterocycles. The molecule has 4 aliphatic rings. The van der Waals surface area contributed by atoms with Gasteiger partial charge in [0.15, 0.2) is 5.82 Å². The normalized spacial score (nSPS) is 29.2. The molecule has 0 amide bonds. The minimum Gasteiger partial charge on any atom is -0.497 e. The minimum atomic E-state index is 0.213. The summed E-state index contributed by atoms with van der Waals surface area (Å²) in [5, 5.41) is 10.1. The van der Waals surface area contributed by atoms with Crippen molar-refractivity contribution in [2.24, 2.45) is 12.5 Å². The number of rotatable bonds is 7. The molecule has 0 unspecified atom stereocenters. The van der Waals surface area contributed by atoms with Crippen LogP contribution in [0.25, 0.3) is 5.57 Å². The van der Waals surface area contributed by atoms with Crippen molar-refractivity contribution in [2.45, 2.75) is 83.0 Å². The first kappa shape index (κ1) is 20.7. The number of hydrogen-bond acceptors (Lipinski definition) is 3. The Kier molecular flexibility index (Phi) is 5.92. The van der Waals surface area contributed by atoms with Gasteiger partial charge in [0.25, 0.3) is 0 Å². The molecule has 2 bridgehead atoms. The maximum Gasteiger partial charge on any atom is 0.159 e. The summed E-state index contributed by atoms with van der Waals surface area (Å²) in [5.41, 5.74) is 1.92. The Morgan fingerprint density at radius 2 is 1.79 bits per heavy atom. The van der Waals surface area contributed by atoms with Crippen molar-refractivity contribution in [3.8, 4) is 0 Å². The van der Waals surface area contributed by atoms with Gasteiger partial charge in [-0.15, -0.1) is 10.2 Å². The second-order valence-electron chi connectivity index (χ2n) is 9.38. The van der Waals surface area contributed by atoms with Crippen LogP contribution in [-0.4, -0.2) is 21.9 Å². The van der Waals surface area contributed by atoms with Crippen LogP contribution in [0.5, 0.6) is 0 Å². The van der Waals surface area contributed by atoms with Crippen molar-refractivity contribution in [1.29, 1.82) is 0 Å². The first-order valence-corrected chi connectivity index (χ1v) is 11.6.